The lowest BCUT2D eigenvalue weighted by atomic mass is 10.1. The Labute approximate surface area is 156 Å². The van der Waals surface area contributed by atoms with Crippen LogP contribution in [0.5, 0.6) is 0 Å². The standard InChI is InChI=1S/C16H25N5O.2ClH/c1-17-13-6-5-11-21(12-13)15(22)14-7-8-18-16(19-14)20-9-3-2-4-10-20;;/h7-8,13,17H,2-6,9-12H2,1H3;2*1H. The Kier molecular flexibility index (Phi) is 8.73. The third kappa shape index (κ3) is 4.94. The molecule has 0 spiro atoms. The normalized spacial score (nSPS) is 20.8. The van der Waals surface area contributed by atoms with Crippen molar-refractivity contribution in [1.82, 2.24) is 20.2 Å². The van der Waals surface area contributed by atoms with Crippen LogP contribution in [0.15, 0.2) is 12.3 Å². The number of halogens is 2. The zero-order valence-electron chi connectivity index (χ0n) is 14.1. The molecule has 0 aliphatic carbocycles. The number of nitrogens with one attached hydrogen (secondary N) is 1. The van der Waals surface area contributed by atoms with Crippen molar-refractivity contribution in [2.75, 3.05) is 38.1 Å². The van der Waals surface area contributed by atoms with Crippen LogP contribution in [0.1, 0.15) is 42.6 Å². The van der Waals surface area contributed by atoms with Crippen molar-refractivity contribution < 1.29 is 4.79 Å². The van der Waals surface area contributed by atoms with E-state index in [0.717, 1.165) is 39.0 Å². The zero-order chi connectivity index (χ0) is 15.4. The molecule has 1 aromatic heterocycles. The number of carbonyl (C=O) groups is 1. The van der Waals surface area contributed by atoms with Crippen LogP contribution in [0.3, 0.4) is 0 Å². The molecule has 2 saturated heterocycles. The number of piperidine rings is 2. The van der Waals surface area contributed by atoms with Gasteiger partial charge in [0.2, 0.25) is 5.95 Å². The van der Waals surface area contributed by atoms with Gasteiger partial charge in [0.05, 0.1) is 0 Å². The average Bonchev–Trinajstić information content (AvgIpc) is 2.62. The summed E-state index contributed by atoms with van der Waals surface area (Å²) in [5, 5.41) is 3.27. The lowest BCUT2D eigenvalue weighted by Gasteiger charge is -2.32. The van der Waals surface area contributed by atoms with Crippen molar-refractivity contribution in [3.05, 3.63) is 18.0 Å². The fraction of sp³-hybridized carbons (Fsp3) is 0.688. The Morgan fingerprint density at radius 2 is 1.92 bits per heavy atom. The Balaban J connectivity index is 0.00000144. The smallest absolute Gasteiger partial charge is 0.272 e. The summed E-state index contributed by atoms with van der Waals surface area (Å²) in [4.78, 5) is 25.7. The summed E-state index contributed by atoms with van der Waals surface area (Å²) in [6.07, 6.45) is 7.51. The van der Waals surface area contributed by atoms with E-state index >= 15 is 0 Å². The number of hydrogen-bond donors (Lipinski definition) is 1. The molecule has 2 aliphatic rings. The maximum atomic E-state index is 12.7. The van der Waals surface area contributed by atoms with Crippen molar-refractivity contribution >= 4 is 36.7 Å². The molecule has 1 aromatic rings. The quantitative estimate of drug-likeness (QED) is 0.876. The first kappa shape index (κ1) is 20.9. The van der Waals surface area contributed by atoms with Gasteiger partial charge in [-0.1, -0.05) is 0 Å². The Bertz CT molecular complexity index is 525. The van der Waals surface area contributed by atoms with Crippen LogP contribution < -0.4 is 10.2 Å². The predicted molar refractivity (Wildman–Crippen MR) is 101 cm³/mol. The van der Waals surface area contributed by atoms with E-state index in [1.165, 1.54) is 19.3 Å². The molecule has 8 heteroatoms. The van der Waals surface area contributed by atoms with Gasteiger partial charge in [-0.3, -0.25) is 4.79 Å². The van der Waals surface area contributed by atoms with Crippen LogP contribution >= 0.6 is 24.8 Å². The lowest BCUT2D eigenvalue weighted by Crippen LogP contribution is -2.47. The van der Waals surface area contributed by atoms with Crippen LogP contribution in [-0.4, -0.2) is 60.0 Å². The first-order valence-electron chi connectivity index (χ1n) is 8.32. The fourth-order valence-corrected chi connectivity index (χ4v) is 3.27. The van der Waals surface area contributed by atoms with Crippen LogP contribution in [0, 0.1) is 0 Å². The van der Waals surface area contributed by atoms with Crippen LogP contribution in [0.25, 0.3) is 0 Å². The summed E-state index contributed by atoms with van der Waals surface area (Å²) in [5.41, 5.74) is 0.521. The molecule has 0 saturated carbocycles. The van der Waals surface area contributed by atoms with Crippen LogP contribution in [-0.2, 0) is 0 Å². The molecule has 0 aromatic carbocycles. The van der Waals surface area contributed by atoms with E-state index in [1.807, 2.05) is 11.9 Å². The first-order chi connectivity index (χ1) is 10.8. The monoisotopic (exact) mass is 375 g/mol. The molecule has 1 atom stereocenters. The number of anilines is 1. The second-order valence-corrected chi connectivity index (χ2v) is 6.17. The zero-order valence-corrected chi connectivity index (χ0v) is 15.7. The highest BCUT2D eigenvalue weighted by molar-refractivity contribution is 5.92. The molecule has 136 valence electrons. The van der Waals surface area contributed by atoms with E-state index in [2.05, 4.69) is 20.2 Å². The maximum Gasteiger partial charge on any atom is 0.272 e. The van der Waals surface area contributed by atoms with Crippen LogP contribution in [0.2, 0.25) is 0 Å². The minimum absolute atomic E-state index is 0. The number of aromatic nitrogens is 2. The van der Waals surface area contributed by atoms with E-state index in [-0.39, 0.29) is 30.7 Å². The van der Waals surface area contributed by atoms with Gasteiger partial charge in [0, 0.05) is 38.4 Å². The summed E-state index contributed by atoms with van der Waals surface area (Å²) in [6, 6.07) is 2.12. The van der Waals surface area contributed by atoms with Crippen molar-refractivity contribution in [2.24, 2.45) is 0 Å². The van der Waals surface area contributed by atoms with Crippen molar-refractivity contribution in [3.8, 4) is 0 Å². The van der Waals surface area contributed by atoms with Gasteiger partial charge in [-0.15, -0.1) is 24.8 Å². The number of nitrogens with zero attached hydrogens (tertiary/aromatic N) is 4. The third-order valence-electron chi connectivity index (χ3n) is 4.62. The van der Waals surface area contributed by atoms with E-state index in [0.29, 0.717) is 17.7 Å². The van der Waals surface area contributed by atoms with E-state index in [9.17, 15) is 4.79 Å². The number of amides is 1. The molecule has 2 aliphatic heterocycles. The molecule has 1 N–H and O–H groups in total. The highest BCUT2D eigenvalue weighted by Gasteiger charge is 2.25. The molecule has 3 rings (SSSR count). The molecule has 24 heavy (non-hydrogen) atoms. The lowest BCUT2D eigenvalue weighted by molar-refractivity contribution is 0.0692. The van der Waals surface area contributed by atoms with Gasteiger partial charge < -0.3 is 15.1 Å². The number of carbonyl (C=O) groups excluding carboxylic acids is 1. The summed E-state index contributed by atoms with van der Waals surface area (Å²) < 4.78 is 0. The topological polar surface area (TPSA) is 61.4 Å². The van der Waals surface area contributed by atoms with Crippen molar-refractivity contribution in [2.45, 2.75) is 38.1 Å². The minimum atomic E-state index is 0. The van der Waals surface area contributed by atoms with Crippen LogP contribution in [0.4, 0.5) is 5.95 Å². The van der Waals surface area contributed by atoms with Gasteiger partial charge >= 0.3 is 0 Å². The molecule has 1 unspecified atom stereocenters. The second-order valence-electron chi connectivity index (χ2n) is 6.17. The van der Waals surface area contributed by atoms with Gasteiger partial charge in [-0.2, -0.15) is 0 Å². The van der Waals surface area contributed by atoms with E-state index in [1.54, 1.807) is 12.3 Å². The first-order valence-corrected chi connectivity index (χ1v) is 8.32. The molecule has 3 heterocycles. The second kappa shape index (κ2) is 10.0. The van der Waals surface area contributed by atoms with Gasteiger partial charge in [-0.05, 0) is 45.2 Å². The summed E-state index contributed by atoms with van der Waals surface area (Å²) >= 11 is 0. The molecule has 6 nitrogen and oxygen atoms in total. The Morgan fingerprint density at radius 3 is 2.62 bits per heavy atom. The van der Waals surface area contributed by atoms with Crippen molar-refractivity contribution in [3.63, 3.8) is 0 Å². The molecule has 0 bridgehead atoms. The molecular weight excluding hydrogens is 349 g/mol. The van der Waals surface area contributed by atoms with Gasteiger partial charge in [0.15, 0.2) is 0 Å². The van der Waals surface area contributed by atoms with Crippen molar-refractivity contribution in [1.29, 1.82) is 0 Å². The third-order valence-corrected chi connectivity index (χ3v) is 4.62. The molecular formula is C16H27Cl2N5O. The SMILES string of the molecule is CNC1CCCN(C(=O)c2ccnc(N3CCCCC3)n2)C1.Cl.Cl. The predicted octanol–water partition coefficient (Wildman–Crippen LogP) is 2.13. The summed E-state index contributed by atoms with van der Waals surface area (Å²) in [6.45, 7) is 3.56. The summed E-state index contributed by atoms with van der Waals surface area (Å²) in [5.74, 6) is 0.730. The molecule has 0 radical (unpaired) electrons. The summed E-state index contributed by atoms with van der Waals surface area (Å²) in [7, 11) is 1.96. The van der Waals surface area contributed by atoms with E-state index < -0.39 is 0 Å². The van der Waals surface area contributed by atoms with Gasteiger partial charge in [-0.25, -0.2) is 9.97 Å². The highest BCUT2D eigenvalue weighted by atomic mass is 35.5. The van der Waals surface area contributed by atoms with Gasteiger partial charge in [0.25, 0.3) is 5.91 Å². The van der Waals surface area contributed by atoms with E-state index in [4.69, 9.17) is 0 Å². The number of rotatable bonds is 3. The molecule has 2 fully saturated rings. The minimum Gasteiger partial charge on any atom is -0.341 e. The Morgan fingerprint density at radius 1 is 1.17 bits per heavy atom. The largest absolute Gasteiger partial charge is 0.341 e. The maximum absolute atomic E-state index is 12.7. The van der Waals surface area contributed by atoms with Gasteiger partial charge in [0.1, 0.15) is 5.69 Å². The fourth-order valence-electron chi connectivity index (χ4n) is 3.27. The Hall–Kier alpha value is -1.11. The number of likely N-dealkylation sites (N-methyl/N-ethyl adjacent to an activating group) is 1. The average molecular weight is 376 g/mol. The molecule has 1 amide bonds. The number of likely N-dealkylation sites (tertiary alicyclic amines) is 1. The number of hydrogen-bond acceptors (Lipinski definition) is 5. The highest BCUT2D eigenvalue weighted by Crippen LogP contribution is 2.17.